The van der Waals surface area contributed by atoms with Crippen molar-refractivity contribution in [3.8, 4) is 0 Å². The van der Waals surface area contributed by atoms with E-state index < -0.39 is 3.79 Å². The number of carbonyl (C=O) groups is 1. The predicted molar refractivity (Wildman–Crippen MR) is 94.3 cm³/mol. The average molecular weight is 398 g/mol. The van der Waals surface area contributed by atoms with Crippen LogP contribution >= 0.6 is 34.8 Å². The summed E-state index contributed by atoms with van der Waals surface area (Å²) in [5.41, 5.74) is 0. The molecule has 0 aromatic carbocycles. The molecule has 0 saturated carbocycles. The largest absolute Gasteiger partial charge is 0.494 e. The van der Waals surface area contributed by atoms with Crippen molar-refractivity contribution >= 4 is 40.7 Å². The molecule has 3 aliphatic heterocycles. The number of carbonyl (C=O) groups excluding carboxylic acids is 1. The van der Waals surface area contributed by atoms with Crippen LogP contribution in [-0.4, -0.2) is 71.5 Å². The second kappa shape index (κ2) is 7.20. The summed E-state index contributed by atoms with van der Waals surface area (Å²) in [7, 11) is 2.07. The number of piperazine rings is 1. The molecule has 2 bridgehead atoms. The Kier molecular flexibility index (Phi) is 5.57. The van der Waals surface area contributed by atoms with Crippen LogP contribution < -0.4 is 0 Å². The van der Waals surface area contributed by atoms with Crippen LogP contribution in [0.5, 0.6) is 0 Å². The number of hydrogen-bond donors (Lipinski definition) is 0. The maximum absolute atomic E-state index is 13.1. The van der Waals surface area contributed by atoms with Gasteiger partial charge in [0.25, 0.3) is 0 Å². The monoisotopic (exact) mass is 396 g/mol. The molecule has 24 heavy (non-hydrogen) atoms. The van der Waals surface area contributed by atoms with Gasteiger partial charge in [-0.2, -0.15) is 0 Å². The second-order valence-electron chi connectivity index (χ2n) is 6.84. The van der Waals surface area contributed by atoms with Crippen LogP contribution in [0.4, 0.5) is 0 Å². The molecule has 0 aromatic rings. The summed E-state index contributed by atoms with van der Waals surface area (Å²) < 4.78 is 10.1. The first kappa shape index (κ1) is 18.6. The molecule has 3 rings (SSSR count). The molecule has 0 spiro atoms. The Balaban J connectivity index is 1.68. The third kappa shape index (κ3) is 3.96. The van der Waals surface area contributed by atoms with Gasteiger partial charge in [-0.05, 0) is 19.9 Å². The van der Waals surface area contributed by atoms with E-state index in [9.17, 15) is 4.79 Å². The fraction of sp³-hybridized carbons (Fsp3) is 0.812. The summed E-state index contributed by atoms with van der Waals surface area (Å²) in [5.74, 6) is 0.221. The molecule has 3 aliphatic rings. The maximum Gasteiger partial charge on any atom is 0.229 e. The predicted octanol–water partition coefficient (Wildman–Crippen LogP) is 2.45. The van der Waals surface area contributed by atoms with Gasteiger partial charge in [-0.25, -0.2) is 0 Å². The van der Waals surface area contributed by atoms with Gasteiger partial charge in [0, 0.05) is 26.2 Å². The number of fused-ring (bicyclic) bond motifs is 2. The minimum Gasteiger partial charge on any atom is -0.494 e. The van der Waals surface area contributed by atoms with Gasteiger partial charge in [0.2, 0.25) is 9.70 Å². The number of likely N-dealkylation sites (N-methyl/N-ethyl adjacent to an activating group) is 1. The summed E-state index contributed by atoms with van der Waals surface area (Å²) in [4.78, 5) is 17.2. The van der Waals surface area contributed by atoms with E-state index in [4.69, 9.17) is 44.3 Å². The minimum absolute atomic E-state index is 0.0284. The molecule has 8 heteroatoms. The highest BCUT2D eigenvalue weighted by molar-refractivity contribution is 6.67. The van der Waals surface area contributed by atoms with Crippen LogP contribution in [0.15, 0.2) is 12.3 Å². The van der Waals surface area contributed by atoms with E-state index in [1.54, 1.807) is 0 Å². The number of rotatable bonds is 4. The highest BCUT2D eigenvalue weighted by atomic mass is 35.6. The number of amides is 1. The maximum atomic E-state index is 13.1. The summed E-state index contributed by atoms with van der Waals surface area (Å²) >= 11 is 17.3. The first-order chi connectivity index (χ1) is 11.3. The third-order valence-electron chi connectivity index (χ3n) is 5.17. The molecule has 0 radical (unpaired) electrons. The molecule has 5 nitrogen and oxygen atoms in total. The van der Waals surface area contributed by atoms with Gasteiger partial charge in [0.05, 0.1) is 29.8 Å². The zero-order valence-electron chi connectivity index (χ0n) is 13.7. The van der Waals surface area contributed by atoms with Crippen molar-refractivity contribution in [1.29, 1.82) is 0 Å². The van der Waals surface area contributed by atoms with E-state index in [0.717, 1.165) is 39.0 Å². The summed E-state index contributed by atoms with van der Waals surface area (Å²) in [5, 5.41) is 0. The average Bonchev–Trinajstić information content (AvgIpc) is 3.13. The Labute approximate surface area is 157 Å². The van der Waals surface area contributed by atoms with Crippen molar-refractivity contribution in [3.63, 3.8) is 0 Å². The minimum atomic E-state index is -1.50. The molecule has 2 unspecified atom stereocenters. The number of alkyl halides is 3. The lowest BCUT2D eigenvalue weighted by Gasteiger charge is -2.37. The normalized spacial score (nSPS) is 33.8. The lowest BCUT2D eigenvalue weighted by molar-refractivity contribution is -0.140. The van der Waals surface area contributed by atoms with E-state index in [2.05, 4.69) is 18.5 Å². The van der Waals surface area contributed by atoms with Crippen LogP contribution in [0.1, 0.15) is 12.8 Å². The smallest absolute Gasteiger partial charge is 0.229 e. The van der Waals surface area contributed by atoms with Gasteiger partial charge in [-0.3, -0.25) is 4.79 Å². The lowest BCUT2D eigenvalue weighted by Crippen LogP contribution is -2.51. The van der Waals surface area contributed by atoms with Crippen LogP contribution in [0.3, 0.4) is 0 Å². The summed E-state index contributed by atoms with van der Waals surface area (Å²) in [6.45, 7) is 7.19. The zero-order chi connectivity index (χ0) is 17.5. The highest BCUT2D eigenvalue weighted by Crippen LogP contribution is 2.47. The second-order valence-corrected chi connectivity index (χ2v) is 9.36. The standard InChI is InChI=1S/C16H23Cl3N2O3/c1-10(23-9-16(17,18)19)13-11-3-4-12(24-11)14(13)15(22)21-7-5-20(2)6-8-21/h11-14H,1,3-9H2,2H3/t11-,12+,13?,14?/m1/s1. The van der Waals surface area contributed by atoms with Gasteiger partial charge < -0.3 is 19.3 Å². The van der Waals surface area contributed by atoms with Crippen molar-refractivity contribution in [3.05, 3.63) is 12.3 Å². The van der Waals surface area contributed by atoms with Crippen LogP contribution in [-0.2, 0) is 14.3 Å². The number of ether oxygens (including phenoxy) is 2. The molecular weight excluding hydrogens is 375 g/mol. The molecular formula is C16H23Cl3N2O3. The van der Waals surface area contributed by atoms with E-state index >= 15 is 0 Å². The lowest BCUT2D eigenvalue weighted by atomic mass is 9.77. The topological polar surface area (TPSA) is 42.0 Å². The van der Waals surface area contributed by atoms with Crippen molar-refractivity contribution in [2.45, 2.75) is 28.8 Å². The van der Waals surface area contributed by atoms with Crippen LogP contribution in [0.25, 0.3) is 0 Å². The Morgan fingerprint density at radius 3 is 2.33 bits per heavy atom. The third-order valence-corrected chi connectivity index (χ3v) is 5.49. The van der Waals surface area contributed by atoms with Crippen molar-refractivity contribution in [1.82, 2.24) is 9.80 Å². The summed E-state index contributed by atoms with van der Waals surface area (Å²) in [6.07, 6.45) is 1.74. The number of nitrogens with zero attached hydrogens (tertiary/aromatic N) is 2. The molecule has 1 amide bonds. The Morgan fingerprint density at radius 2 is 1.75 bits per heavy atom. The fourth-order valence-corrected chi connectivity index (χ4v) is 4.07. The molecule has 0 aromatic heterocycles. The van der Waals surface area contributed by atoms with E-state index in [-0.39, 0.29) is 36.6 Å². The molecule has 0 aliphatic carbocycles. The molecule has 0 N–H and O–H groups in total. The van der Waals surface area contributed by atoms with E-state index in [1.807, 2.05) is 4.90 Å². The Bertz CT molecular complexity index is 503. The SMILES string of the molecule is C=C(OCC(Cl)(Cl)Cl)C1C(C(=O)N2CCN(C)CC2)[C@@H]2CC[C@H]1O2. The summed E-state index contributed by atoms with van der Waals surface area (Å²) in [6, 6.07) is 0. The van der Waals surface area contributed by atoms with Gasteiger partial charge in [0.15, 0.2) is 0 Å². The van der Waals surface area contributed by atoms with Crippen LogP contribution in [0, 0.1) is 11.8 Å². The quantitative estimate of drug-likeness (QED) is 0.540. The zero-order valence-corrected chi connectivity index (χ0v) is 16.0. The highest BCUT2D eigenvalue weighted by Gasteiger charge is 2.55. The van der Waals surface area contributed by atoms with Gasteiger partial charge in [0.1, 0.15) is 6.61 Å². The molecule has 3 saturated heterocycles. The van der Waals surface area contributed by atoms with Crippen LogP contribution in [0.2, 0.25) is 0 Å². The van der Waals surface area contributed by atoms with E-state index in [0.29, 0.717) is 5.76 Å². The molecule has 4 atom stereocenters. The Hall–Kier alpha value is -0.200. The van der Waals surface area contributed by atoms with Crippen molar-refractivity contribution in [2.24, 2.45) is 11.8 Å². The van der Waals surface area contributed by atoms with Crippen molar-refractivity contribution < 1.29 is 14.3 Å². The number of halogens is 3. The number of hydrogen-bond acceptors (Lipinski definition) is 4. The van der Waals surface area contributed by atoms with Gasteiger partial charge in [-0.1, -0.05) is 41.4 Å². The van der Waals surface area contributed by atoms with Gasteiger partial charge >= 0.3 is 0 Å². The first-order valence-corrected chi connectivity index (χ1v) is 9.41. The molecule has 3 fully saturated rings. The van der Waals surface area contributed by atoms with E-state index in [1.165, 1.54) is 0 Å². The fourth-order valence-electron chi connectivity index (χ4n) is 3.91. The molecule has 136 valence electrons. The first-order valence-electron chi connectivity index (χ1n) is 8.27. The van der Waals surface area contributed by atoms with Gasteiger partial charge in [-0.15, -0.1) is 0 Å². The Morgan fingerprint density at radius 1 is 1.17 bits per heavy atom. The van der Waals surface area contributed by atoms with Crippen molar-refractivity contribution in [2.75, 3.05) is 39.8 Å². The molecule has 3 heterocycles.